The van der Waals surface area contributed by atoms with Crippen LogP contribution in [0, 0.1) is 0 Å². The molecule has 1 aliphatic heterocycles. The summed E-state index contributed by atoms with van der Waals surface area (Å²) in [5.41, 5.74) is 0.810. The maximum Gasteiger partial charge on any atom is 0.338 e. The van der Waals surface area contributed by atoms with Crippen molar-refractivity contribution in [3.05, 3.63) is 108 Å². The van der Waals surface area contributed by atoms with Crippen LogP contribution in [0.2, 0.25) is 0 Å². The second-order valence-corrected chi connectivity index (χ2v) is 8.43. The summed E-state index contributed by atoms with van der Waals surface area (Å²) in [5, 5.41) is 11.2. The minimum absolute atomic E-state index is 0.163. The Morgan fingerprint density at radius 2 is 1.16 bits per heavy atom. The predicted octanol–water partition coefficient (Wildman–Crippen LogP) is 3.42. The average molecular weight is 521 g/mol. The lowest BCUT2D eigenvalue weighted by atomic mass is 9.98. The second kappa shape index (κ2) is 13.0. The van der Waals surface area contributed by atoms with E-state index in [0.29, 0.717) is 5.56 Å². The molecule has 0 amide bonds. The van der Waals surface area contributed by atoms with Gasteiger partial charge in [-0.15, -0.1) is 0 Å². The van der Waals surface area contributed by atoms with E-state index in [2.05, 4.69) is 0 Å². The van der Waals surface area contributed by atoms with Gasteiger partial charge in [0.25, 0.3) is 0 Å². The van der Waals surface area contributed by atoms with Crippen LogP contribution in [0.4, 0.5) is 0 Å². The third-order valence-corrected chi connectivity index (χ3v) is 5.84. The summed E-state index contributed by atoms with van der Waals surface area (Å²) >= 11 is 0. The zero-order chi connectivity index (χ0) is 26.9. The van der Waals surface area contributed by atoms with Crippen molar-refractivity contribution in [2.75, 3.05) is 13.2 Å². The van der Waals surface area contributed by atoms with E-state index < -0.39 is 48.6 Å². The predicted molar refractivity (Wildman–Crippen MR) is 134 cm³/mol. The lowest BCUT2D eigenvalue weighted by Crippen LogP contribution is -2.62. The van der Waals surface area contributed by atoms with Gasteiger partial charge in [0.2, 0.25) is 0 Å². The minimum Gasteiger partial charge on any atom is -0.459 e. The molecule has 1 heterocycles. The van der Waals surface area contributed by atoms with E-state index in [4.69, 9.17) is 23.7 Å². The van der Waals surface area contributed by atoms with Gasteiger partial charge in [-0.3, -0.25) is 0 Å². The largest absolute Gasteiger partial charge is 0.459 e. The Bertz CT molecular complexity index is 1200. The van der Waals surface area contributed by atoms with E-state index in [1.165, 1.54) is 0 Å². The molecule has 3 unspecified atom stereocenters. The Morgan fingerprint density at radius 1 is 0.711 bits per heavy atom. The molecule has 9 heteroatoms. The van der Waals surface area contributed by atoms with Crippen molar-refractivity contribution in [1.29, 1.82) is 0 Å². The van der Waals surface area contributed by atoms with Crippen molar-refractivity contribution < 1.29 is 43.2 Å². The number of rotatable bonds is 9. The van der Waals surface area contributed by atoms with Gasteiger partial charge in [0.05, 0.1) is 16.7 Å². The van der Waals surface area contributed by atoms with Crippen LogP contribution < -0.4 is 0 Å². The van der Waals surface area contributed by atoms with Crippen LogP contribution in [-0.4, -0.2) is 66.9 Å². The molecular formula is C29H28O9. The number of benzene rings is 3. The molecule has 0 saturated carbocycles. The third-order valence-electron chi connectivity index (χ3n) is 5.84. The number of hydrogen-bond acceptors (Lipinski definition) is 9. The number of hydrogen-bond donors (Lipinski definition) is 1. The van der Waals surface area contributed by atoms with E-state index in [9.17, 15) is 19.5 Å². The zero-order valence-corrected chi connectivity index (χ0v) is 20.7. The molecular weight excluding hydrogens is 492 g/mol. The number of aliphatic hydroxyl groups is 1. The first-order chi connectivity index (χ1) is 18.5. The van der Waals surface area contributed by atoms with E-state index in [0.717, 1.165) is 0 Å². The van der Waals surface area contributed by atoms with Gasteiger partial charge in [-0.2, -0.15) is 0 Å². The van der Waals surface area contributed by atoms with Crippen LogP contribution in [0.1, 0.15) is 38.0 Å². The van der Waals surface area contributed by atoms with Crippen LogP contribution in [-0.2, 0) is 23.7 Å². The first-order valence-electron chi connectivity index (χ1n) is 12.2. The number of aliphatic hydroxyl groups excluding tert-OH is 1. The highest BCUT2D eigenvalue weighted by molar-refractivity contribution is 5.90. The van der Waals surface area contributed by atoms with Gasteiger partial charge in [-0.05, 0) is 43.3 Å². The molecule has 1 saturated heterocycles. The highest BCUT2D eigenvalue weighted by Crippen LogP contribution is 2.29. The molecule has 0 spiro atoms. The summed E-state index contributed by atoms with van der Waals surface area (Å²) in [6.45, 7) is 1.51. The summed E-state index contributed by atoms with van der Waals surface area (Å²) in [6.07, 6.45) is -6.58. The van der Waals surface area contributed by atoms with Gasteiger partial charge < -0.3 is 28.8 Å². The fourth-order valence-corrected chi connectivity index (χ4v) is 3.93. The van der Waals surface area contributed by atoms with Gasteiger partial charge in [-0.25, -0.2) is 14.4 Å². The molecule has 198 valence electrons. The molecule has 1 fully saturated rings. The molecule has 0 aromatic heterocycles. The van der Waals surface area contributed by atoms with E-state index in [-0.39, 0.29) is 24.3 Å². The van der Waals surface area contributed by atoms with Crippen molar-refractivity contribution in [2.24, 2.45) is 0 Å². The van der Waals surface area contributed by atoms with Crippen molar-refractivity contribution in [1.82, 2.24) is 0 Å². The molecule has 1 N–H and O–H groups in total. The molecule has 5 atom stereocenters. The third kappa shape index (κ3) is 6.63. The minimum atomic E-state index is -1.52. The topological polar surface area (TPSA) is 118 Å². The molecule has 9 nitrogen and oxygen atoms in total. The molecule has 0 bridgehead atoms. The Labute approximate surface area is 219 Å². The van der Waals surface area contributed by atoms with Crippen LogP contribution in [0.25, 0.3) is 0 Å². The molecule has 3 aromatic rings. The van der Waals surface area contributed by atoms with Crippen molar-refractivity contribution >= 4 is 17.9 Å². The number of esters is 3. The first-order valence-corrected chi connectivity index (χ1v) is 12.2. The molecule has 0 radical (unpaired) electrons. The maximum absolute atomic E-state index is 12.9. The van der Waals surface area contributed by atoms with Crippen molar-refractivity contribution in [2.45, 2.75) is 37.6 Å². The Hall–Kier alpha value is -4.05. The van der Waals surface area contributed by atoms with Gasteiger partial charge in [0.1, 0.15) is 18.8 Å². The summed E-state index contributed by atoms with van der Waals surface area (Å²) in [6, 6.07) is 24.7. The molecule has 1 aliphatic rings. The average Bonchev–Trinajstić information content (AvgIpc) is 2.96. The van der Waals surface area contributed by atoms with E-state index in [1.54, 1.807) is 97.9 Å². The van der Waals surface area contributed by atoms with E-state index >= 15 is 0 Å². The van der Waals surface area contributed by atoms with Crippen molar-refractivity contribution in [3.63, 3.8) is 0 Å². The monoisotopic (exact) mass is 520 g/mol. The van der Waals surface area contributed by atoms with Gasteiger partial charge in [0, 0.05) is 6.61 Å². The maximum atomic E-state index is 12.9. The van der Waals surface area contributed by atoms with Gasteiger partial charge in [-0.1, -0.05) is 54.6 Å². The standard InChI is InChI=1S/C29H28O9/c1-2-34-29-25(38-28(33)21-16-10-5-11-17-21)24(37-27(32)20-14-8-4-9-15-20)23(30)22(36-29)18-35-26(31)19-12-6-3-7-13-19/h3-17,22-25,29-30H,2,18H2,1H3/t22?,23-,24?,25?,29+/m1/s1. The lowest BCUT2D eigenvalue weighted by Gasteiger charge is -2.42. The Morgan fingerprint density at radius 3 is 1.63 bits per heavy atom. The quantitative estimate of drug-likeness (QED) is 0.334. The Kier molecular flexibility index (Phi) is 9.21. The van der Waals surface area contributed by atoms with Gasteiger partial charge in [0.15, 0.2) is 18.5 Å². The van der Waals surface area contributed by atoms with Crippen LogP contribution in [0.15, 0.2) is 91.0 Å². The van der Waals surface area contributed by atoms with Crippen LogP contribution in [0.5, 0.6) is 0 Å². The zero-order valence-electron chi connectivity index (χ0n) is 20.7. The molecule has 3 aromatic carbocycles. The summed E-state index contributed by atoms with van der Waals surface area (Å²) in [5.74, 6) is -2.08. The fraction of sp³-hybridized carbons (Fsp3) is 0.276. The lowest BCUT2D eigenvalue weighted by molar-refractivity contribution is -0.298. The number of carbonyl (C=O) groups excluding carboxylic acids is 3. The van der Waals surface area contributed by atoms with Gasteiger partial charge >= 0.3 is 17.9 Å². The SMILES string of the molecule is CCO[C@H]1OC(COC(=O)c2ccccc2)[C@@H](O)C(OC(=O)c2ccccc2)C1OC(=O)c1ccccc1. The highest BCUT2D eigenvalue weighted by atomic mass is 16.7. The fourth-order valence-electron chi connectivity index (χ4n) is 3.93. The first kappa shape index (κ1) is 27.0. The van der Waals surface area contributed by atoms with Crippen molar-refractivity contribution in [3.8, 4) is 0 Å². The summed E-state index contributed by atoms with van der Waals surface area (Å²) < 4.78 is 28.3. The Balaban J connectivity index is 1.57. The normalized spacial score (nSPS) is 22.7. The number of ether oxygens (including phenoxy) is 5. The smallest absolute Gasteiger partial charge is 0.338 e. The molecule has 4 rings (SSSR count). The molecule has 38 heavy (non-hydrogen) atoms. The number of carbonyl (C=O) groups is 3. The van der Waals surface area contributed by atoms with E-state index in [1.807, 2.05) is 0 Å². The van der Waals surface area contributed by atoms with Crippen LogP contribution in [0.3, 0.4) is 0 Å². The summed E-state index contributed by atoms with van der Waals surface area (Å²) in [4.78, 5) is 38.3. The molecule has 0 aliphatic carbocycles. The van der Waals surface area contributed by atoms with Crippen LogP contribution >= 0.6 is 0 Å². The highest BCUT2D eigenvalue weighted by Gasteiger charge is 2.51. The second-order valence-electron chi connectivity index (χ2n) is 8.43. The summed E-state index contributed by atoms with van der Waals surface area (Å²) in [7, 11) is 0.